The SMILES string of the molecule is Cc1ccc(C(=O)N2CC(c3ccc(-c4cnn(C)c4)cc3)C2)cc1NC(=O)C1CCC1. The van der Waals surface area contributed by atoms with Crippen molar-refractivity contribution in [3.05, 3.63) is 71.5 Å². The van der Waals surface area contributed by atoms with Crippen LogP contribution in [0.15, 0.2) is 54.9 Å². The van der Waals surface area contributed by atoms with Crippen LogP contribution in [-0.4, -0.2) is 39.6 Å². The standard InChI is InChI=1S/C26H28N4O2/c1-17-6-7-21(12-24(17)28-25(31)20-4-3-5-20)26(32)30-15-23(16-30)19-10-8-18(9-11-19)22-13-27-29(2)14-22/h6-14,20,23H,3-5,15-16H2,1-2H3,(H,28,31). The molecule has 0 unspecified atom stereocenters. The number of benzene rings is 2. The molecule has 2 amide bonds. The lowest BCUT2D eigenvalue weighted by Crippen LogP contribution is -2.48. The highest BCUT2D eigenvalue weighted by Gasteiger charge is 2.32. The third-order valence-corrected chi connectivity index (χ3v) is 6.81. The Morgan fingerprint density at radius 3 is 2.41 bits per heavy atom. The summed E-state index contributed by atoms with van der Waals surface area (Å²) in [5.74, 6) is 0.564. The Morgan fingerprint density at radius 2 is 1.78 bits per heavy atom. The van der Waals surface area contributed by atoms with Crippen LogP contribution in [0.25, 0.3) is 11.1 Å². The molecule has 1 saturated carbocycles. The fourth-order valence-corrected chi connectivity index (χ4v) is 4.35. The first-order valence-corrected chi connectivity index (χ1v) is 11.3. The van der Waals surface area contributed by atoms with Gasteiger partial charge < -0.3 is 10.2 Å². The molecule has 32 heavy (non-hydrogen) atoms. The zero-order valence-corrected chi connectivity index (χ0v) is 18.5. The highest BCUT2D eigenvalue weighted by atomic mass is 16.2. The lowest BCUT2D eigenvalue weighted by Gasteiger charge is -2.39. The molecule has 6 nitrogen and oxygen atoms in total. The number of nitrogens with one attached hydrogen (secondary N) is 1. The van der Waals surface area contributed by atoms with Gasteiger partial charge in [0.2, 0.25) is 5.91 Å². The number of hydrogen-bond donors (Lipinski definition) is 1. The van der Waals surface area contributed by atoms with E-state index in [1.807, 2.05) is 49.5 Å². The first-order chi connectivity index (χ1) is 15.5. The van der Waals surface area contributed by atoms with Crippen LogP contribution in [0.1, 0.15) is 46.7 Å². The van der Waals surface area contributed by atoms with Crippen molar-refractivity contribution in [2.24, 2.45) is 13.0 Å². The number of aryl methyl sites for hydroxylation is 2. The van der Waals surface area contributed by atoms with Crippen LogP contribution in [0.2, 0.25) is 0 Å². The van der Waals surface area contributed by atoms with Gasteiger partial charge in [0.1, 0.15) is 0 Å². The van der Waals surface area contributed by atoms with E-state index in [1.165, 1.54) is 5.56 Å². The van der Waals surface area contributed by atoms with Gasteiger partial charge in [-0.2, -0.15) is 5.10 Å². The van der Waals surface area contributed by atoms with Gasteiger partial charge in [-0.3, -0.25) is 14.3 Å². The van der Waals surface area contributed by atoms with Crippen LogP contribution in [0.4, 0.5) is 5.69 Å². The quantitative estimate of drug-likeness (QED) is 0.656. The number of nitrogens with zero attached hydrogens (tertiary/aromatic N) is 3. The van der Waals surface area contributed by atoms with E-state index in [0.717, 1.165) is 41.6 Å². The Bertz CT molecular complexity index is 1150. The van der Waals surface area contributed by atoms with E-state index < -0.39 is 0 Å². The molecule has 0 bridgehead atoms. The molecule has 1 aliphatic carbocycles. The molecule has 1 N–H and O–H groups in total. The Hall–Kier alpha value is -3.41. The van der Waals surface area contributed by atoms with E-state index in [9.17, 15) is 9.59 Å². The second-order valence-electron chi connectivity index (χ2n) is 9.08. The van der Waals surface area contributed by atoms with Gasteiger partial charge in [-0.05, 0) is 48.6 Å². The summed E-state index contributed by atoms with van der Waals surface area (Å²) in [5.41, 5.74) is 5.85. The molecule has 6 heteroatoms. The second-order valence-corrected chi connectivity index (χ2v) is 9.08. The molecule has 1 aromatic heterocycles. The smallest absolute Gasteiger partial charge is 0.253 e. The van der Waals surface area contributed by atoms with Crippen LogP contribution >= 0.6 is 0 Å². The van der Waals surface area contributed by atoms with Crippen molar-refractivity contribution in [1.29, 1.82) is 0 Å². The molecule has 0 atom stereocenters. The van der Waals surface area contributed by atoms with Crippen molar-refractivity contribution in [3.8, 4) is 11.1 Å². The van der Waals surface area contributed by atoms with E-state index in [2.05, 4.69) is 34.7 Å². The van der Waals surface area contributed by atoms with Crippen molar-refractivity contribution in [2.45, 2.75) is 32.1 Å². The van der Waals surface area contributed by atoms with Gasteiger partial charge in [0, 0.05) is 55.0 Å². The van der Waals surface area contributed by atoms with E-state index >= 15 is 0 Å². The van der Waals surface area contributed by atoms with Gasteiger partial charge in [0.05, 0.1) is 6.20 Å². The summed E-state index contributed by atoms with van der Waals surface area (Å²) in [4.78, 5) is 27.2. The third kappa shape index (κ3) is 3.93. The highest BCUT2D eigenvalue weighted by Crippen LogP contribution is 2.31. The van der Waals surface area contributed by atoms with Crippen LogP contribution in [-0.2, 0) is 11.8 Å². The topological polar surface area (TPSA) is 67.2 Å². The number of likely N-dealkylation sites (tertiary alicyclic amines) is 1. The molecule has 1 saturated heterocycles. The summed E-state index contributed by atoms with van der Waals surface area (Å²) in [6, 6.07) is 14.1. The molecule has 2 aliphatic rings. The normalized spacial score (nSPS) is 16.4. The van der Waals surface area contributed by atoms with Gasteiger partial charge in [0.25, 0.3) is 5.91 Å². The molecule has 164 valence electrons. The van der Waals surface area contributed by atoms with E-state index in [0.29, 0.717) is 24.6 Å². The number of carbonyl (C=O) groups excluding carboxylic acids is 2. The minimum absolute atomic E-state index is 0.0207. The molecule has 0 radical (unpaired) electrons. The van der Waals surface area contributed by atoms with Gasteiger partial charge in [-0.1, -0.05) is 36.8 Å². The predicted molar refractivity (Wildman–Crippen MR) is 124 cm³/mol. The second kappa shape index (κ2) is 8.26. The third-order valence-electron chi connectivity index (χ3n) is 6.81. The molecule has 2 aromatic carbocycles. The van der Waals surface area contributed by atoms with E-state index in [-0.39, 0.29) is 17.7 Å². The summed E-state index contributed by atoms with van der Waals surface area (Å²) >= 11 is 0. The fourth-order valence-electron chi connectivity index (χ4n) is 4.35. The van der Waals surface area contributed by atoms with Crippen LogP contribution in [0.5, 0.6) is 0 Å². The minimum atomic E-state index is 0.0207. The summed E-state index contributed by atoms with van der Waals surface area (Å²) in [6.07, 6.45) is 6.91. The number of aromatic nitrogens is 2. The summed E-state index contributed by atoms with van der Waals surface area (Å²) < 4.78 is 1.80. The summed E-state index contributed by atoms with van der Waals surface area (Å²) in [6.45, 7) is 3.38. The predicted octanol–water partition coefficient (Wildman–Crippen LogP) is 4.37. The average Bonchev–Trinajstić information content (AvgIpc) is 3.14. The zero-order valence-electron chi connectivity index (χ0n) is 18.5. The first kappa shape index (κ1) is 20.5. The first-order valence-electron chi connectivity index (χ1n) is 11.3. The number of amides is 2. The highest BCUT2D eigenvalue weighted by molar-refractivity contribution is 5.98. The van der Waals surface area contributed by atoms with Crippen molar-refractivity contribution >= 4 is 17.5 Å². The van der Waals surface area contributed by atoms with Crippen molar-refractivity contribution in [3.63, 3.8) is 0 Å². The number of carbonyl (C=O) groups is 2. The number of rotatable bonds is 5. The van der Waals surface area contributed by atoms with Crippen molar-refractivity contribution < 1.29 is 9.59 Å². The Labute approximate surface area is 188 Å². The molecule has 2 heterocycles. The molecule has 5 rings (SSSR count). The maximum atomic E-state index is 13.0. The zero-order chi connectivity index (χ0) is 22.2. The van der Waals surface area contributed by atoms with E-state index in [1.54, 1.807) is 4.68 Å². The number of anilines is 1. The lowest BCUT2D eigenvalue weighted by atomic mass is 9.84. The summed E-state index contributed by atoms with van der Waals surface area (Å²) in [5, 5.41) is 7.25. The molecular weight excluding hydrogens is 400 g/mol. The van der Waals surface area contributed by atoms with Crippen molar-refractivity contribution in [1.82, 2.24) is 14.7 Å². The van der Waals surface area contributed by atoms with Crippen LogP contribution in [0, 0.1) is 12.8 Å². The van der Waals surface area contributed by atoms with Crippen LogP contribution in [0.3, 0.4) is 0 Å². The number of hydrogen-bond acceptors (Lipinski definition) is 3. The lowest BCUT2D eigenvalue weighted by molar-refractivity contribution is -0.122. The molecule has 2 fully saturated rings. The molecule has 0 spiro atoms. The average molecular weight is 429 g/mol. The van der Waals surface area contributed by atoms with E-state index in [4.69, 9.17) is 0 Å². The van der Waals surface area contributed by atoms with Gasteiger partial charge in [-0.25, -0.2) is 0 Å². The Morgan fingerprint density at radius 1 is 1.03 bits per heavy atom. The molecule has 3 aromatic rings. The maximum Gasteiger partial charge on any atom is 0.253 e. The minimum Gasteiger partial charge on any atom is -0.337 e. The summed E-state index contributed by atoms with van der Waals surface area (Å²) in [7, 11) is 1.91. The van der Waals surface area contributed by atoms with Crippen LogP contribution < -0.4 is 5.32 Å². The molecule has 1 aliphatic heterocycles. The van der Waals surface area contributed by atoms with Crippen molar-refractivity contribution in [2.75, 3.05) is 18.4 Å². The Balaban J connectivity index is 1.21. The largest absolute Gasteiger partial charge is 0.337 e. The Kier molecular flexibility index (Phi) is 5.29. The van der Waals surface area contributed by atoms with Gasteiger partial charge in [-0.15, -0.1) is 0 Å². The monoisotopic (exact) mass is 428 g/mol. The maximum absolute atomic E-state index is 13.0. The van der Waals surface area contributed by atoms with Gasteiger partial charge in [0.15, 0.2) is 0 Å². The van der Waals surface area contributed by atoms with Gasteiger partial charge >= 0.3 is 0 Å². The molecular formula is C26H28N4O2. The fraction of sp³-hybridized carbons (Fsp3) is 0.346.